The Morgan fingerprint density at radius 3 is 2.65 bits per heavy atom. The third kappa shape index (κ3) is 2.68. The smallest absolute Gasteiger partial charge is 0.128 e. The number of alkyl halides is 1. The lowest BCUT2D eigenvalue weighted by molar-refractivity contribution is 0.120. The minimum atomic E-state index is -0.363. The van der Waals surface area contributed by atoms with Gasteiger partial charge in [-0.1, -0.05) is 15.9 Å². The van der Waals surface area contributed by atoms with Gasteiger partial charge in [-0.2, -0.15) is 0 Å². The molecule has 3 atom stereocenters. The molecular weight excluding hydrogens is 290 g/mol. The van der Waals surface area contributed by atoms with Gasteiger partial charge in [-0.05, 0) is 38.0 Å². The molecule has 1 aromatic rings. The van der Waals surface area contributed by atoms with E-state index in [1.807, 2.05) is 6.92 Å². The molecule has 0 amide bonds. The first-order valence-corrected chi connectivity index (χ1v) is 6.62. The first-order valence-electron chi connectivity index (χ1n) is 5.70. The molecule has 1 heterocycles. The molecule has 1 aliphatic rings. The van der Waals surface area contributed by atoms with E-state index >= 15 is 0 Å². The van der Waals surface area contributed by atoms with Crippen LogP contribution in [0.4, 0.5) is 8.78 Å². The van der Waals surface area contributed by atoms with E-state index in [0.717, 1.165) is 6.42 Å². The highest BCUT2D eigenvalue weighted by Crippen LogP contribution is 2.39. The van der Waals surface area contributed by atoms with Gasteiger partial charge in [0.2, 0.25) is 0 Å². The zero-order valence-electron chi connectivity index (χ0n) is 9.84. The highest BCUT2D eigenvalue weighted by Gasteiger charge is 2.30. The monoisotopic (exact) mass is 304 g/mol. The van der Waals surface area contributed by atoms with Crippen LogP contribution in [0.2, 0.25) is 0 Å². The van der Waals surface area contributed by atoms with Gasteiger partial charge >= 0.3 is 0 Å². The summed E-state index contributed by atoms with van der Waals surface area (Å²) in [6, 6.07) is 2.53. The number of hydrogen-bond acceptors (Lipinski definition) is 1. The van der Waals surface area contributed by atoms with E-state index in [4.69, 9.17) is 4.74 Å². The van der Waals surface area contributed by atoms with Crippen LogP contribution in [0.3, 0.4) is 0 Å². The molecule has 0 saturated carbocycles. The van der Waals surface area contributed by atoms with Crippen LogP contribution in [0.5, 0.6) is 0 Å². The minimum absolute atomic E-state index is 0.192. The number of benzene rings is 1. The van der Waals surface area contributed by atoms with E-state index in [9.17, 15) is 8.78 Å². The van der Waals surface area contributed by atoms with Gasteiger partial charge < -0.3 is 4.74 Å². The summed E-state index contributed by atoms with van der Waals surface area (Å²) in [6.07, 6.45) is 1.06. The van der Waals surface area contributed by atoms with Crippen molar-refractivity contribution in [3.63, 3.8) is 0 Å². The Kier molecular flexibility index (Phi) is 3.83. The minimum Gasteiger partial charge on any atom is -0.378 e. The molecule has 4 heteroatoms. The maximum Gasteiger partial charge on any atom is 0.128 e. The van der Waals surface area contributed by atoms with Crippen molar-refractivity contribution in [3.05, 3.63) is 34.9 Å². The van der Waals surface area contributed by atoms with Crippen LogP contribution in [0, 0.1) is 24.5 Å². The maximum absolute atomic E-state index is 13.8. The second-order valence-electron chi connectivity index (χ2n) is 4.66. The highest BCUT2D eigenvalue weighted by atomic mass is 79.9. The molecule has 94 valence electrons. The molecule has 1 aliphatic heterocycles. The average molecular weight is 305 g/mol. The number of hydrogen-bond donors (Lipinski definition) is 0. The fourth-order valence-corrected chi connectivity index (χ4v) is 2.90. The first-order chi connectivity index (χ1) is 7.99. The van der Waals surface area contributed by atoms with Crippen LogP contribution >= 0.6 is 15.9 Å². The summed E-state index contributed by atoms with van der Waals surface area (Å²) in [4.78, 5) is -0.192. The van der Waals surface area contributed by atoms with Crippen LogP contribution in [0.15, 0.2) is 12.1 Å². The van der Waals surface area contributed by atoms with E-state index in [2.05, 4.69) is 15.9 Å². The molecule has 1 nitrogen and oxygen atoms in total. The summed E-state index contributed by atoms with van der Waals surface area (Å²) in [6.45, 7) is 4.14. The van der Waals surface area contributed by atoms with Gasteiger partial charge in [0.25, 0.3) is 0 Å². The summed E-state index contributed by atoms with van der Waals surface area (Å²) in [5.41, 5.74) is 0.720. The Bertz CT molecular complexity index is 422. The molecule has 17 heavy (non-hydrogen) atoms. The van der Waals surface area contributed by atoms with Gasteiger partial charge in [0.1, 0.15) is 11.6 Å². The molecule has 3 unspecified atom stereocenters. The molecule has 0 radical (unpaired) electrons. The Morgan fingerprint density at radius 2 is 2.06 bits per heavy atom. The maximum atomic E-state index is 13.8. The van der Waals surface area contributed by atoms with E-state index in [1.54, 1.807) is 6.92 Å². The Balaban J connectivity index is 2.24. The summed E-state index contributed by atoms with van der Waals surface area (Å²) < 4.78 is 32.7. The van der Waals surface area contributed by atoms with Crippen LogP contribution in [0.25, 0.3) is 0 Å². The molecule has 2 rings (SSSR count). The highest BCUT2D eigenvalue weighted by molar-refractivity contribution is 9.09. The van der Waals surface area contributed by atoms with E-state index in [0.29, 0.717) is 17.7 Å². The predicted molar refractivity (Wildman–Crippen MR) is 66.3 cm³/mol. The number of halogens is 3. The topological polar surface area (TPSA) is 9.23 Å². The molecule has 1 aromatic carbocycles. The predicted octanol–water partition coefficient (Wildman–Crippen LogP) is 4.13. The Morgan fingerprint density at radius 1 is 1.35 bits per heavy atom. The normalized spacial score (nSPS) is 26.2. The van der Waals surface area contributed by atoms with Gasteiger partial charge in [0.15, 0.2) is 0 Å². The Labute approximate surface area is 108 Å². The molecule has 1 saturated heterocycles. The van der Waals surface area contributed by atoms with Gasteiger partial charge in [-0.15, -0.1) is 0 Å². The van der Waals surface area contributed by atoms with Gasteiger partial charge in [-0.25, -0.2) is 8.78 Å². The second-order valence-corrected chi connectivity index (χ2v) is 5.65. The zero-order valence-corrected chi connectivity index (χ0v) is 11.4. The summed E-state index contributed by atoms with van der Waals surface area (Å²) in [5.74, 6) is -0.523. The van der Waals surface area contributed by atoms with Crippen molar-refractivity contribution in [1.82, 2.24) is 0 Å². The number of ether oxygens (including phenoxy) is 1. The zero-order chi connectivity index (χ0) is 12.6. The molecule has 0 spiro atoms. The summed E-state index contributed by atoms with van der Waals surface area (Å²) >= 11 is 3.46. The van der Waals surface area contributed by atoms with Gasteiger partial charge in [0.05, 0.1) is 12.7 Å². The molecule has 0 bridgehead atoms. The van der Waals surface area contributed by atoms with Crippen LogP contribution in [-0.4, -0.2) is 12.7 Å². The standard InChI is InChI=1S/C13H15BrF2O/c1-7-3-12(16)10(5-11(7)15)13(14)9-4-8(2)17-6-9/h3,5,8-9,13H,4,6H2,1-2H3. The van der Waals surface area contributed by atoms with Gasteiger partial charge in [-0.3, -0.25) is 0 Å². The average Bonchev–Trinajstić information content (AvgIpc) is 2.69. The van der Waals surface area contributed by atoms with Crippen molar-refractivity contribution >= 4 is 15.9 Å². The third-order valence-corrected chi connectivity index (χ3v) is 4.46. The lowest BCUT2D eigenvalue weighted by Crippen LogP contribution is -2.10. The summed E-state index contributed by atoms with van der Waals surface area (Å²) in [7, 11) is 0. The van der Waals surface area contributed by atoms with Crippen LogP contribution in [0.1, 0.15) is 29.3 Å². The molecular formula is C13H15BrF2O. The van der Waals surface area contributed by atoms with E-state index in [-0.39, 0.29) is 28.5 Å². The van der Waals surface area contributed by atoms with Crippen molar-refractivity contribution in [2.24, 2.45) is 5.92 Å². The van der Waals surface area contributed by atoms with Crippen molar-refractivity contribution < 1.29 is 13.5 Å². The molecule has 1 fully saturated rings. The van der Waals surface area contributed by atoms with E-state index < -0.39 is 0 Å². The molecule has 0 aliphatic carbocycles. The largest absolute Gasteiger partial charge is 0.378 e. The van der Waals surface area contributed by atoms with E-state index in [1.165, 1.54) is 12.1 Å². The fraction of sp³-hybridized carbons (Fsp3) is 0.538. The third-order valence-electron chi connectivity index (χ3n) is 3.22. The fourth-order valence-electron chi connectivity index (χ4n) is 2.18. The van der Waals surface area contributed by atoms with Crippen LogP contribution < -0.4 is 0 Å². The molecule has 0 N–H and O–H groups in total. The van der Waals surface area contributed by atoms with Gasteiger partial charge in [0, 0.05) is 16.3 Å². The quantitative estimate of drug-likeness (QED) is 0.746. The summed E-state index contributed by atoms with van der Waals surface area (Å²) in [5, 5.41) is 0. The number of rotatable bonds is 2. The van der Waals surface area contributed by atoms with Crippen molar-refractivity contribution in [2.75, 3.05) is 6.61 Å². The van der Waals surface area contributed by atoms with Crippen molar-refractivity contribution in [1.29, 1.82) is 0 Å². The second kappa shape index (κ2) is 5.02. The number of aryl methyl sites for hydroxylation is 1. The van der Waals surface area contributed by atoms with Crippen molar-refractivity contribution in [2.45, 2.75) is 31.2 Å². The lowest BCUT2D eigenvalue weighted by Gasteiger charge is -2.17. The van der Waals surface area contributed by atoms with Crippen LogP contribution in [-0.2, 0) is 4.74 Å². The lowest BCUT2D eigenvalue weighted by atomic mass is 9.95. The SMILES string of the molecule is Cc1cc(F)c(C(Br)C2COC(C)C2)cc1F. The Hall–Kier alpha value is -0.480. The molecule has 0 aromatic heterocycles. The first kappa shape index (κ1) is 13.0. The van der Waals surface area contributed by atoms with Crippen molar-refractivity contribution in [3.8, 4) is 0 Å².